The fourth-order valence-electron chi connectivity index (χ4n) is 1.43. The molecule has 0 aromatic rings. The van der Waals surface area contributed by atoms with Crippen LogP contribution >= 0.6 is 15.2 Å². The number of hydrogen-bond acceptors (Lipinski definition) is 3. The Labute approximate surface area is 172 Å². The van der Waals surface area contributed by atoms with Crippen LogP contribution in [0.1, 0.15) is 45.4 Å². The second-order valence-corrected chi connectivity index (χ2v) is 8.04. The van der Waals surface area contributed by atoms with Crippen LogP contribution in [0.3, 0.4) is 0 Å². The molecule has 7 nitrogen and oxygen atoms in total. The molecule has 0 bridgehead atoms. The largest absolute Gasteiger partial charge is 0.369 e. The summed E-state index contributed by atoms with van der Waals surface area (Å²) in [6.45, 7) is 1.99. The van der Waals surface area contributed by atoms with Crippen molar-refractivity contribution in [2.75, 3.05) is 0 Å². The summed E-state index contributed by atoms with van der Waals surface area (Å²) in [5.74, 6) is 0. The van der Waals surface area contributed by atoms with Gasteiger partial charge in [-0.05, 0) is 12.8 Å². The van der Waals surface area contributed by atoms with E-state index in [-0.39, 0.29) is 81.9 Å². The van der Waals surface area contributed by atoms with Crippen LogP contribution < -0.4 is 0 Å². The van der Waals surface area contributed by atoms with E-state index >= 15 is 0 Å². The molecule has 0 saturated carbocycles. The van der Waals surface area contributed by atoms with Crippen LogP contribution in [0.2, 0.25) is 0 Å². The van der Waals surface area contributed by atoms with Crippen molar-refractivity contribution in [1.29, 1.82) is 0 Å². The number of rotatable bonds is 8. The topological polar surface area (TPSA) is 135 Å². The molecule has 5 N–H and O–H groups in total. The van der Waals surface area contributed by atoms with Crippen molar-refractivity contribution < 1.29 is 33.8 Å². The first-order chi connectivity index (χ1) is 7.56. The molecule has 0 spiro atoms. The van der Waals surface area contributed by atoms with Gasteiger partial charge >= 0.3 is 15.2 Å². The third-order valence-corrected chi connectivity index (χ3v) is 6.43. The SMILES string of the molecule is CCCCCCCC(O)(P(=O)(O)O)P(=O)(O)O.[Ca].[Ca]. The summed E-state index contributed by atoms with van der Waals surface area (Å²) in [6, 6.07) is 0. The summed E-state index contributed by atoms with van der Waals surface area (Å²) < 4.78 is 21.9. The van der Waals surface area contributed by atoms with Crippen molar-refractivity contribution in [3.8, 4) is 0 Å². The van der Waals surface area contributed by atoms with E-state index in [1.54, 1.807) is 0 Å². The molecule has 0 atom stereocenters. The van der Waals surface area contributed by atoms with E-state index in [9.17, 15) is 14.2 Å². The zero-order valence-corrected chi connectivity index (χ0v) is 17.3. The third kappa shape index (κ3) is 8.85. The van der Waals surface area contributed by atoms with Gasteiger partial charge in [-0.3, -0.25) is 9.13 Å². The van der Waals surface area contributed by atoms with Gasteiger partial charge in [0.15, 0.2) is 0 Å². The van der Waals surface area contributed by atoms with Gasteiger partial charge in [0.2, 0.25) is 0 Å². The third-order valence-electron chi connectivity index (χ3n) is 2.55. The molecule has 0 aliphatic heterocycles. The standard InChI is InChI=1S/C8H20O7P2.2Ca/c1-2-3-4-5-6-7-8(9,16(10,11)12)17(13,14)15;;/h9H,2-7H2,1H3,(H2,10,11,12)(H2,13,14,15);;. The minimum absolute atomic E-state index is 0. The van der Waals surface area contributed by atoms with Gasteiger partial charge in [-0.15, -0.1) is 0 Å². The fourth-order valence-corrected chi connectivity index (χ4v) is 3.68. The normalized spacial score (nSPS) is 12.5. The molecule has 0 unspecified atom stereocenters. The minimum atomic E-state index is -5.27. The molecule has 0 aliphatic carbocycles. The Morgan fingerprint density at radius 1 is 0.842 bits per heavy atom. The van der Waals surface area contributed by atoms with Gasteiger partial charge < -0.3 is 24.7 Å². The van der Waals surface area contributed by atoms with Crippen molar-refractivity contribution >= 4 is 90.7 Å². The van der Waals surface area contributed by atoms with E-state index in [0.29, 0.717) is 6.42 Å². The smallest absolute Gasteiger partial charge is 0.368 e. The molecule has 0 aromatic heterocycles. The Kier molecular flexibility index (Phi) is 15.9. The minimum Gasteiger partial charge on any atom is -0.368 e. The maximum atomic E-state index is 11.0. The van der Waals surface area contributed by atoms with Crippen LogP contribution in [0.4, 0.5) is 0 Å². The van der Waals surface area contributed by atoms with Crippen molar-refractivity contribution in [2.45, 2.75) is 50.5 Å². The van der Waals surface area contributed by atoms with Gasteiger partial charge in [-0.1, -0.05) is 32.6 Å². The molecule has 19 heavy (non-hydrogen) atoms. The average Bonchev–Trinajstić information content (AvgIpc) is 2.13. The first kappa shape index (κ1) is 26.7. The molecule has 0 fully saturated rings. The second-order valence-electron chi connectivity index (χ2n) is 4.03. The first-order valence-corrected chi connectivity index (χ1v) is 8.62. The molecule has 0 aromatic carbocycles. The van der Waals surface area contributed by atoms with Crippen LogP contribution in [-0.4, -0.2) is 105 Å². The zero-order chi connectivity index (χ0) is 13.7. The molecular weight excluding hydrogens is 350 g/mol. The van der Waals surface area contributed by atoms with Crippen molar-refractivity contribution in [1.82, 2.24) is 0 Å². The molecule has 0 aliphatic rings. The van der Waals surface area contributed by atoms with Crippen molar-refractivity contribution in [2.24, 2.45) is 0 Å². The second kappa shape index (κ2) is 11.3. The zero-order valence-electron chi connectivity index (χ0n) is 11.1. The summed E-state index contributed by atoms with van der Waals surface area (Å²) in [6.07, 6.45) is 2.83. The van der Waals surface area contributed by atoms with Crippen molar-refractivity contribution in [3.05, 3.63) is 0 Å². The Hall–Kier alpha value is 2.78. The number of hydrogen-bond donors (Lipinski definition) is 5. The summed E-state index contributed by atoms with van der Waals surface area (Å²) in [5.41, 5.74) is 0. The molecule has 0 amide bonds. The van der Waals surface area contributed by atoms with Crippen molar-refractivity contribution in [3.63, 3.8) is 0 Å². The van der Waals surface area contributed by atoms with E-state index in [4.69, 9.17) is 19.6 Å². The van der Waals surface area contributed by atoms with Gasteiger partial charge in [-0.2, -0.15) is 0 Å². The number of aliphatic hydroxyl groups is 1. The first-order valence-electron chi connectivity index (χ1n) is 5.40. The van der Waals surface area contributed by atoms with Gasteiger partial charge in [0.05, 0.1) is 0 Å². The van der Waals surface area contributed by atoms with E-state index in [2.05, 4.69) is 0 Å². The van der Waals surface area contributed by atoms with Gasteiger partial charge in [0.1, 0.15) is 0 Å². The average molecular weight is 370 g/mol. The predicted molar refractivity (Wildman–Crippen MR) is 73.9 cm³/mol. The van der Waals surface area contributed by atoms with E-state index in [0.717, 1.165) is 19.3 Å². The summed E-state index contributed by atoms with van der Waals surface area (Å²) >= 11 is 0. The summed E-state index contributed by atoms with van der Waals surface area (Å²) in [5, 5.41) is 6.27. The van der Waals surface area contributed by atoms with Crippen LogP contribution in [0.15, 0.2) is 0 Å². The van der Waals surface area contributed by atoms with E-state index in [1.165, 1.54) is 0 Å². The summed E-state index contributed by atoms with van der Waals surface area (Å²) in [4.78, 5) is 35.4. The number of unbranched alkanes of at least 4 members (excludes halogenated alkanes) is 4. The Bertz CT molecular complexity index is 305. The van der Waals surface area contributed by atoms with Gasteiger partial charge in [0.25, 0.3) is 5.08 Å². The predicted octanol–water partition coefficient (Wildman–Crippen LogP) is 0.587. The van der Waals surface area contributed by atoms with Crippen LogP contribution in [0.5, 0.6) is 0 Å². The molecule has 108 valence electrons. The molecule has 4 radical (unpaired) electrons. The van der Waals surface area contributed by atoms with Crippen LogP contribution in [0, 0.1) is 0 Å². The van der Waals surface area contributed by atoms with Crippen LogP contribution in [0.25, 0.3) is 0 Å². The maximum Gasteiger partial charge on any atom is 0.369 e. The van der Waals surface area contributed by atoms with Gasteiger partial charge in [-0.25, -0.2) is 0 Å². The Morgan fingerprint density at radius 3 is 1.53 bits per heavy atom. The summed E-state index contributed by atoms with van der Waals surface area (Å²) in [7, 11) is -10.5. The Morgan fingerprint density at radius 2 is 1.21 bits per heavy atom. The molecule has 0 heterocycles. The van der Waals surface area contributed by atoms with E-state index in [1.807, 2.05) is 6.92 Å². The molecule has 11 heteroatoms. The maximum absolute atomic E-state index is 11.0. The van der Waals surface area contributed by atoms with Gasteiger partial charge in [0, 0.05) is 75.5 Å². The molecular formula is C8H20Ca2O7P2. The monoisotopic (exact) mass is 370 g/mol. The molecule has 0 saturated heterocycles. The van der Waals surface area contributed by atoms with E-state index < -0.39 is 26.7 Å². The van der Waals surface area contributed by atoms with Crippen LogP contribution in [-0.2, 0) is 9.13 Å². The fraction of sp³-hybridized carbons (Fsp3) is 1.00. The molecule has 0 rings (SSSR count). The Balaban J connectivity index is -0.00000128. The quantitative estimate of drug-likeness (QED) is 0.240.